The normalized spacial score (nSPS) is 36.2. The van der Waals surface area contributed by atoms with Crippen LogP contribution < -0.4 is 0 Å². The molecule has 0 aromatic heterocycles. The topological polar surface area (TPSA) is 0 Å². The van der Waals surface area contributed by atoms with Crippen molar-refractivity contribution in [2.45, 2.75) is 56.2 Å². The van der Waals surface area contributed by atoms with Gasteiger partial charge in [-0.15, -0.1) is 0 Å². The van der Waals surface area contributed by atoms with Crippen LogP contribution in [0.15, 0.2) is 0 Å². The van der Waals surface area contributed by atoms with E-state index in [9.17, 15) is 13.2 Å². The number of thioether (sulfide) groups is 1. The van der Waals surface area contributed by atoms with Gasteiger partial charge < -0.3 is 0 Å². The average molecular weight is 238 g/mol. The lowest BCUT2D eigenvalue weighted by Crippen LogP contribution is -2.35. The van der Waals surface area contributed by atoms with Crippen molar-refractivity contribution in [2.75, 3.05) is 0 Å². The molecule has 88 valence electrons. The molecule has 2 bridgehead atoms. The van der Waals surface area contributed by atoms with Crippen molar-refractivity contribution in [3.63, 3.8) is 0 Å². The Kier molecular flexibility index (Phi) is 2.77. The first-order valence-corrected chi connectivity index (χ1v) is 6.46. The molecule has 0 amide bonds. The van der Waals surface area contributed by atoms with Gasteiger partial charge in [0.25, 0.3) is 0 Å². The van der Waals surface area contributed by atoms with Gasteiger partial charge in [-0.2, -0.15) is 24.9 Å². The zero-order chi connectivity index (χ0) is 11.3. The van der Waals surface area contributed by atoms with Crippen LogP contribution in [0.25, 0.3) is 0 Å². The molecule has 3 unspecified atom stereocenters. The standard InChI is InChI=1S/C11H17F3S/c1-10(2,11(12,13)14)6-7-5-8-3-4-9(7)15-8/h7-9H,3-6H2,1-2H3. The summed E-state index contributed by atoms with van der Waals surface area (Å²) in [7, 11) is 0. The number of alkyl halides is 3. The molecule has 15 heavy (non-hydrogen) atoms. The molecule has 3 atom stereocenters. The summed E-state index contributed by atoms with van der Waals surface area (Å²) in [6.07, 6.45) is -0.384. The van der Waals surface area contributed by atoms with Crippen LogP contribution in [0.5, 0.6) is 0 Å². The van der Waals surface area contributed by atoms with E-state index in [0.29, 0.717) is 22.8 Å². The number of halogens is 3. The van der Waals surface area contributed by atoms with Crippen LogP contribution in [-0.4, -0.2) is 16.7 Å². The van der Waals surface area contributed by atoms with Crippen LogP contribution in [0.4, 0.5) is 13.2 Å². The highest BCUT2D eigenvalue weighted by Crippen LogP contribution is 2.54. The minimum atomic E-state index is -4.06. The molecule has 2 heterocycles. The molecule has 0 aliphatic carbocycles. The number of hydrogen-bond donors (Lipinski definition) is 0. The third-order valence-corrected chi connectivity index (χ3v) is 5.55. The maximum absolute atomic E-state index is 12.7. The van der Waals surface area contributed by atoms with Gasteiger partial charge in [-0.1, -0.05) is 13.8 Å². The Morgan fingerprint density at radius 3 is 2.27 bits per heavy atom. The first-order valence-electron chi connectivity index (χ1n) is 5.52. The lowest BCUT2D eigenvalue weighted by Gasteiger charge is -2.33. The summed E-state index contributed by atoms with van der Waals surface area (Å²) < 4.78 is 38.2. The van der Waals surface area contributed by atoms with Gasteiger partial charge in [-0.3, -0.25) is 0 Å². The lowest BCUT2D eigenvalue weighted by atomic mass is 9.76. The maximum atomic E-state index is 12.7. The highest BCUT2D eigenvalue weighted by Gasteiger charge is 2.51. The van der Waals surface area contributed by atoms with Gasteiger partial charge in [0.1, 0.15) is 0 Å². The largest absolute Gasteiger partial charge is 0.393 e. The molecule has 2 aliphatic heterocycles. The van der Waals surface area contributed by atoms with E-state index >= 15 is 0 Å². The molecule has 2 aliphatic rings. The number of fused-ring (bicyclic) bond motifs is 2. The van der Waals surface area contributed by atoms with E-state index in [4.69, 9.17) is 0 Å². The number of rotatable bonds is 2. The maximum Gasteiger partial charge on any atom is 0.393 e. The Morgan fingerprint density at radius 1 is 1.20 bits per heavy atom. The van der Waals surface area contributed by atoms with Crippen LogP contribution in [0.3, 0.4) is 0 Å². The molecule has 0 spiro atoms. The molecule has 4 heteroatoms. The summed E-state index contributed by atoms with van der Waals surface area (Å²) in [4.78, 5) is 0. The van der Waals surface area contributed by atoms with E-state index in [1.807, 2.05) is 11.8 Å². The Balaban J connectivity index is 1.97. The van der Waals surface area contributed by atoms with E-state index in [-0.39, 0.29) is 0 Å². The van der Waals surface area contributed by atoms with Crippen molar-refractivity contribution in [3.05, 3.63) is 0 Å². The van der Waals surface area contributed by atoms with E-state index in [2.05, 4.69) is 0 Å². The Morgan fingerprint density at radius 2 is 1.87 bits per heavy atom. The molecule has 0 aromatic rings. The van der Waals surface area contributed by atoms with Crippen LogP contribution in [0.1, 0.15) is 39.5 Å². The second-order valence-corrected chi connectivity index (χ2v) is 7.00. The molecule has 2 saturated heterocycles. The first kappa shape index (κ1) is 11.6. The highest BCUT2D eigenvalue weighted by atomic mass is 32.2. The molecule has 0 N–H and O–H groups in total. The smallest absolute Gasteiger partial charge is 0.171 e. The molecular weight excluding hydrogens is 221 g/mol. The fourth-order valence-corrected chi connectivity index (χ4v) is 4.56. The van der Waals surface area contributed by atoms with Gasteiger partial charge in [0.2, 0.25) is 0 Å². The van der Waals surface area contributed by atoms with Crippen LogP contribution in [-0.2, 0) is 0 Å². The van der Waals surface area contributed by atoms with Crippen LogP contribution >= 0.6 is 11.8 Å². The molecule has 0 nitrogen and oxygen atoms in total. The second-order valence-electron chi connectivity index (χ2n) is 5.46. The van der Waals surface area contributed by atoms with Crippen molar-refractivity contribution in [3.8, 4) is 0 Å². The van der Waals surface area contributed by atoms with Crippen molar-refractivity contribution in [2.24, 2.45) is 11.3 Å². The third kappa shape index (κ3) is 2.15. The van der Waals surface area contributed by atoms with Gasteiger partial charge in [-0.05, 0) is 31.6 Å². The second kappa shape index (κ2) is 3.57. The SMILES string of the molecule is CC(C)(CC1CC2CCC1S2)C(F)(F)F. The minimum Gasteiger partial charge on any atom is -0.171 e. The van der Waals surface area contributed by atoms with E-state index < -0.39 is 11.6 Å². The van der Waals surface area contributed by atoms with Gasteiger partial charge in [0.15, 0.2) is 0 Å². The van der Waals surface area contributed by atoms with Gasteiger partial charge in [0, 0.05) is 10.5 Å². The molecule has 2 rings (SSSR count). The van der Waals surface area contributed by atoms with Crippen molar-refractivity contribution in [1.29, 1.82) is 0 Å². The summed E-state index contributed by atoms with van der Waals surface area (Å²) in [6, 6.07) is 0. The molecule has 2 fully saturated rings. The quantitative estimate of drug-likeness (QED) is 0.693. The summed E-state index contributed by atoms with van der Waals surface area (Å²) in [5.41, 5.74) is -1.51. The zero-order valence-electron chi connectivity index (χ0n) is 9.10. The van der Waals surface area contributed by atoms with E-state index in [1.165, 1.54) is 20.3 Å². The fourth-order valence-electron chi connectivity index (χ4n) is 2.73. The van der Waals surface area contributed by atoms with Gasteiger partial charge in [-0.25, -0.2) is 0 Å². The molecule has 0 radical (unpaired) electrons. The Bertz CT molecular complexity index is 247. The summed E-state index contributed by atoms with van der Waals surface area (Å²) in [5, 5.41) is 1.17. The highest BCUT2D eigenvalue weighted by molar-refractivity contribution is 8.01. The lowest BCUT2D eigenvalue weighted by molar-refractivity contribution is -0.217. The predicted molar refractivity (Wildman–Crippen MR) is 57.0 cm³/mol. The van der Waals surface area contributed by atoms with Crippen molar-refractivity contribution in [1.82, 2.24) is 0 Å². The van der Waals surface area contributed by atoms with Crippen LogP contribution in [0, 0.1) is 11.3 Å². The van der Waals surface area contributed by atoms with Gasteiger partial charge >= 0.3 is 6.18 Å². The monoisotopic (exact) mass is 238 g/mol. The number of hydrogen-bond acceptors (Lipinski definition) is 1. The first-order chi connectivity index (χ1) is 6.79. The average Bonchev–Trinajstić information content (AvgIpc) is 2.61. The minimum absolute atomic E-state index is 0.297. The third-order valence-electron chi connectivity index (χ3n) is 3.77. The van der Waals surface area contributed by atoms with Crippen LogP contribution in [0.2, 0.25) is 0 Å². The summed E-state index contributed by atoms with van der Waals surface area (Å²) in [6.45, 7) is 2.67. The summed E-state index contributed by atoms with van der Waals surface area (Å²) >= 11 is 1.92. The predicted octanol–water partition coefficient (Wildman–Crippen LogP) is 4.25. The molecule has 0 aromatic carbocycles. The van der Waals surface area contributed by atoms with Crippen molar-refractivity contribution < 1.29 is 13.2 Å². The van der Waals surface area contributed by atoms with Gasteiger partial charge in [0.05, 0.1) is 5.41 Å². The summed E-state index contributed by atoms with van der Waals surface area (Å²) in [5.74, 6) is 0.297. The molecular formula is C11H17F3S. The Hall–Kier alpha value is 0.140. The Labute approximate surface area is 93.0 Å². The van der Waals surface area contributed by atoms with E-state index in [1.54, 1.807) is 0 Å². The zero-order valence-corrected chi connectivity index (χ0v) is 9.92. The molecule has 0 saturated carbocycles. The fraction of sp³-hybridized carbons (Fsp3) is 1.00. The van der Waals surface area contributed by atoms with Crippen molar-refractivity contribution >= 4 is 11.8 Å². The van der Waals surface area contributed by atoms with E-state index in [0.717, 1.165) is 12.8 Å².